The molecule has 2 aromatic carbocycles. The Morgan fingerprint density at radius 1 is 1.22 bits per heavy atom. The van der Waals surface area contributed by atoms with E-state index in [1.165, 1.54) is 21.6 Å². The zero-order valence-corrected chi connectivity index (χ0v) is 17.6. The quantitative estimate of drug-likeness (QED) is 0.464. The van der Waals surface area contributed by atoms with Gasteiger partial charge in [-0.2, -0.15) is 16.8 Å². The smallest absolute Gasteiger partial charge is 0.279 e. The Balaban J connectivity index is 1.81. The lowest BCUT2D eigenvalue weighted by atomic mass is 10.2. The molecule has 0 spiro atoms. The van der Waals surface area contributed by atoms with Crippen LogP contribution >= 0.6 is 34.4 Å². The number of carbonyl (C=O) groups excluding carboxylic acids is 1. The minimum atomic E-state index is -0.203. The number of hydrogen-bond acceptors (Lipinski definition) is 5. The number of thiazole rings is 2. The lowest BCUT2D eigenvalue weighted by molar-refractivity contribution is 0.0998. The first kappa shape index (κ1) is 18.4. The summed E-state index contributed by atoms with van der Waals surface area (Å²) < 4.78 is 4.36. The van der Waals surface area contributed by atoms with Crippen LogP contribution in [0.4, 0.5) is 0 Å². The Kier molecular flexibility index (Phi) is 5.43. The summed E-state index contributed by atoms with van der Waals surface area (Å²) >= 11 is 4.92. The third kappa shape index (κ3) is 3.72. The zero-order valence-electron chi connectivity index (χ0n) is 15.1. The fraction of sp³-hybridized carbons (Fsp3) is 0.250. The zero-order chi connectivity index (χ0) is 18.8. The first-order valence-electron chi connectivity index (χ1n) is 8.73. The van der Waals surface area contributed by atoms with Crippen molar-refractivity contribution in [3.63, 3.8) is 0 Å². The number of thioether (sulfide) groups is 1. The van der Waals surface area contributed by atoms with Crippen LogP contribution in [0.5, 0.6) is 0 Å². The molecule has 4 nitrogen and oxygen atoms in total. The highest BCUT2D eigenvalue weighted by molar-refractivity contribution is 7.98. The van der Waals surface area contributed by atoms with Crippen LogP contribution in [-0.2, 0) is 13.0 Å². The third-order valence-corrected chi connectivity index (χ3v) is 6.87. The normalized spacial score (nSPS) is 12.3. The van der Waals surface area contributed by atoms with Crippen molar-refractivity contribution in [1.29, 1.82) is 0 Å². The number of fused-ring (bicyclic) bond motifs is 2. The number of benzene rings is 2. The molecule has 7 heteroatoms. The molecule has 4 aromatic rings. The molecule has 27 heavy (non-hydrogen) atoms. The van der Waals surface area contributed by atoms with Crippen molar-refractivity contribution in [3.05, 3.63) is 57.8 Å². The largest absolute Gasteiger partial charge is 0.316 e. The maximum atomic E-state index is 12.8. The Bertz CT molecular complexity index is 1190. The summed E-state index contributed by atoms with van der Waals surface area (Å²) in [4.78, 5) is 22.3. The van der Waals surface area contributed by atoms with E-state index < -0.39 is 0 Å². The van der Waals surface area contributed by atoms with E-state index in [4.69, 9.17) is 0 Å². The van der Waals surface area contributed by atoms with E-state index in [2.05, 4.69) is 45.9 Å². The van der Waals surface area contributed by atoms with Crippen LogP contribution in [0, 0.1) is 0 Å². The second-order valence-electron chi connectivity index (χ2n) is 6.14. The number of nitrogens with zero attached hydrogens (tertiary/aromatic N) is 3. The Labute approximate surface area is 169 Å². The number of amides is 1. The molecule has 0 saturated carbocycles. The summed E-state index contributed by atoms with van der Waals surface area (Å²) in [6.07, 6.45) is 3.09. The summed E-state index contributed by atoms with van der Waals surface area (Å²) in [5, 5.41) is 0. The minimum absolute atomic E-state index is 0.203. The van der Waals surface area contributed by atoms with E-state index in [0.29, 0.717) is 5.56 Å². The van der Waals surface area contributed by atoms with Crippen LogP contribution in [0.3, 0.4) is 0 Å². The van der Waals surface area contributed by atoms with Crippen molar-refractivity contribution in [2.24, 2.45) is 4.99 Å². The van der Waals surface area contributed by atoms with E-state index >= 15 is 0 Å². The van der Waals surface area contributed by atoms with Crippen LogP contribution in [0.2, 0.25) is 0 Å². The highest BCUT2D eigenvalue weighted by Crippen LogP contribution is 2.21. The Hall–Kier alpha value is -1.96. The van der Waals surface area contributed by atoms with Gasteiger partial charge in [0.05, 0.1) is 25.9 Å². The molecule has 0 aliphatic heterocycles. The number of aryl methyl sites for hydroxylation is 2. The summed E-state index contributed by atoms with van der Waals surface area (Å²) in [6, 6.07) is 12.1. The van der Waals surface area contributed by atoms with Gasteiger partial charge in [-0.3, -0.25) is 4.79 Å². The van der Waals surface area contributed by atoms with Crippen molar-refractivity contribution >= 4 is 60.8 Å². The van der Waals surface area contributed by atoms with Crippen molar-refractivity contribution in [2.45, 2.75) is 19.9 Å². The van der Waals surface area contributed by atoms with Gasteiger partial charge in [0, 0.05) is 17.9 Å². The van der Waals surface area contributed by atoms with Gasteiger partial charge in [-0.15, -0.1) is 11.3 Å². The van der Waals surface area contributed by atoms with E-state index in [-0.39, 0.29) is 5.91 Å². The molecule has 0 aliphatic rings. The summed E-state index contributed by atoms with van der Waals surface area (Å²) in [5.41, 5.74) is 5.77. The van der Waals surface area contributed by atoms with E-state index in [0.717, 1.165) is 39.3 Å². The predicted octanol–water partition coefficient (Wildman–Crippen LogP) is 4.98. The monoisotopic (exact) mass is 413 g/mol. The lowest BCUT2D eigenvalue weighted by Gasteiger charge is -2.04. The second kappa shape index (κ2) is 7.96. The number of aromatic nitrogens is 2. The molecule has 0 radical (unpaired) electrons. The predicted molar refractivity (Wildman–Crippen MR) is 117 cm³/mol. The maximum absolute atomic E-state index is 12.8. The maximum Gasteiger partial charge on any atom is 0.279 e. The SMILES string of the molecule is CCc1ccc2c(c1)sc(=NC(=O)c1ccc3ncsc3c1)n2CCSC. The van der Waals surface area contributed by atoms with Crippen LogP contribution < -0.4 is 4.80 Å². The molecule has 0 aliphatic carbocycles. The molecule has 0 N–H and O–H groups in total. The minimum Gasteiger partial charge on any atom is -0.316 e. The van der Waals surface area contributed by atoms with Gasteiger partial charge < -0.3 is 4.57 Å². The molecule has 1 amide bonds. The fourth-order valence-corrected chi connectivity index (χ4v) is 5.16. The van der Waals surface area contributed by atoms with Crippen molar-refractivity contribution in [1.82, 2.24) is 9.55 Å². The van der Waals surface area contributed by atoms with Gasteiger partial charge in [-0.1, -0.05) is 24.3 Å². The fourth-order valence-electron chi connectivity index (χ4n) is 2.96. The average Bonchev–Trinajstić information content (AvgIpc) is 3.29. The van der Waals surface area contributed by atoms with Gasteiger partial charge in [-0.25, -0.2) is 4.98 Å². The number of carbonyl (C=O) groups is 1. The van der Waals surface area contributed by atoms with Crippen LogP contribution in [-0.4, -0.2) is 27.5 Å². The van der Waals surface area contributed by atoms with Crippen LogP contribution in [0.25, 0.3) is 20.4 Å². The highest BCUT2D eigenvalue weighted by Gasteiger charge is 2.11. The van der Waals surface area contributed by atoms with Gasteiger partial charge in [0.25, 0.3) is 5.91 Å². The first-order valence-corrected chi connectivity index (χ1v) is 11.8. The highest BCUT2D eigenvalue weighted by atomic mass is 32.2. The molecule has 0 atom stereocenters. The first-order chi connectivity index (χ1) is 13.2. The Morgan fingerprint density at radius 3 is 2.93 bits per heavy atom. The van der Waals surface area contributed by atoms with Gasteiger partial charge >= 0.3 is 0 Å². The molecule has 2 aromatic heterocycles. The number of hydrogen-bond donors (Lipinski definition) is 0. The van der Waals surface area contributed by atoms with E-state index in [1.807, 2.05) is 18.2 Å². The van der Waals surface area contributed by atoms with Crippen molar-refractivity contribution in [2.75, 3.05) is 12.0 Å². The molecule has 4 rings (SSSR count). The van der Waals surface area contributed by atoms with Gasteiger partial charge in [0.1, 0.15) is 0 Å². The average molecular weight is 414 g/mol. The molecule has 0 saturated heterocycles. The van der Waals surface area contributed by atoms with Crippen LogP contribution in [0.1, 0.15) is 22.8 Å². The van der Waals surface area contributed by atoms with Crippen molar-refractivity contribution < 1.29 is 4.79 Å². The molecule has 138 valence electrons. The molecule has 0 fully saturated rings. The molecular formula is C20H19N3OS3. The van der Waals surface area contributed by atoms with E-state index in [1.54, 1.807) is 28.6 Å². The summed E-state index contributed by atoms with van der Waals surface area (Å²) in [5.74, 6) is 0.778. The standard InChI is InChI=1S/C20H19N3OS3/c1-3-13-4-7-16-18(10-13)27-20(23(16)8-9-25-2)22-19(24)14-5-6-15-17(11-14)26-12-21-15/h4-7,10-12H,3,8-9H2,1-2H3. The summed E-state index contributed by atoms with van der Waals surface area (Å²) in [7, 11) is 0. The second-order valence-corrected chi connectivity index (χ2v) is 9.02. The molecule has 0 bridgehead atoms. The molecular weight excluding hydrogens is 394 g/mol. The van der Waals surface area contributed by atoms with Gasteiger partial charge in [0.15, 0.2) is 4.80 Å². The third-order valence-electron chi connectivity index (χ3n) is 4.45. The molecule has 0 unspecified atom stereocenters. The van der Waals surface area contributed by atoms with Crippen LogP contribution in [0.15, 0.2) is 46.9 Å². The Morgan fingerprint density at radius 2 is 2.11 bits per heavy atom. The van der Waals surface area contributed by atoms with Gasteiger partial charge in [-0.05, 0) is 48.6 Å². The number of rotatable bonds is 5. The van der Waals surface area contributed by atoms with Crippen molar-refractivity contribution in [3.8, 4) is 0 Å². The lowest BCUT2D eigenvalue weighted by Crippen LogP contribution is -2.18. The van der Waals surface area contributed by atoms with Gasteiger partial charge in [0.2, 0.25) is 0 Å². The van der Waals surface area contributed by atoms with E-state index in [9.17, 15) is 4.79 Å². The topological polar surface area (TPSA) is 47.2 Å². The summed E-state index contributed by atoms with van der Waals surface area (Å²) in [6.45, 7) is 2.99. The molecule has 2 heterocycles.